The molecule has 26 heavy (non-hydrogen) atoms. The number of carbonyl (C=O) groups is 1. The summed E-state index contributed by atoms with van der Waals surface area (Å²) >= 11 is 6.15. The molecule has 0 saturated heterocycles. The topological polar surface area (TPSA) is 41.4 Å². The summed E-state index contributed by atoms with van der Waals surface area (Å²) in [5.74, 6) is 1.26. The van der Waals surface area contributed by atoms with Gasteiger partial charge in [0.25, 0.3) is 0 Å². The molecule has 1 aliphatic heterocycles. The number of amides is 1. The fourth-order valence-corrected chi connectivity index (χ4v) is 4.02. The molecule has 0 radical (unpaired) electrons. The second kappa shape index (κ2) is 6.45. The Hall–Kier alpha value is -1.75. The first kappa shape index (κ1) is 19.0. The van der Waals surface area contributed by atoms with Crippen LogP contribution in [-0.4, -0.2) is 50.0 Å². The monoisotopic (exact) mass is 376 g/mol. The van der Waals surface area contributed by atoms with E-state index in [2.05, 4.69) is 46.4 Å². The maximum atomic E-state index is 13.6. The lowest BCUT2D eigenvalue weighted by atomic mass is 10.00. The highest BCUT2D eigenvalue weighted by Crippen LogP contribution is 2.35. The Labute approximate surface area is 160 Å². The van der Waals surface area contributed by atoms with E-state index in [1.165, 1.54) is 0 Å². The lowest BCUT2D eigenvalue weighted by Crippen LogP contribution is -2.55. The van der Waals surface area contributed by atoms with E-state index in [1.807, 2.05) is 29.2 Å². The number of hydrogen-bond donors (Lipinski definition) is 0. The number of hydrogen-bond acceptors (Lipinski definition) is 3. The number of nitrogens with zero attached hydrogens (tertiary/aromatic N) is 4. The van der Waals surface area contributed by atoms with Crippen molar-refractivity contribution in [2.75, 3.05) is 17.3 Å². The highest BCUT2D eigenvalue weighted by atomic mass is 35.5. The average Bonchev–Trinajstić information content (AvgIpc) is 2.82. The van der Waals surface area contributed by atoms with Gasteiger partial charge in [0.2, 0.25) is 5.95 Å². The third-order valence-corrected chi connectivity index (χ3v) is 5.13. The van der Waals surface area contributed by atoms with E-state index >= 15 is 0 Å². The van der Waals surface area contributed by atoms with E-state index < -0.39 is 0 Å². The van der Waals surface area contributed by atoms with Crippen LogP contribution in [0.5, 0.6) is 0 Å². The molecule has 1 aromatic carbocycles. The number of rotatable bonds is 2. The largest absolute Gasteiger partial charge is 0.332 e. The minimum Gasteiger partial charge on any atom is -0.332 e. The standard InChI is InChI=1S/C20H29ClN4O/c1-19(2,3)23-13-14(11-12-21)25(20(4,5)6)17-22-15-9-7-8-10-16(15)24(17)18(23)26/h7-10,14H,11-13H2,1-6H3. The Bertz CT molecular complexity index is 815. The van der Waals surface area contributed by atoms with Gasteiger partial charge in [0, 0.05) is 23.5 Å². The number of anilines is 1. The molecule has 0 saturated carbocycles. The van der Waals surface area contributed by atoms with Crippen molar-refractivity contribution < 1.29 is 4.79 Å². The summed E-state index contributed by atoms with van der Waals surface area (Å²) in [6, 6.07) is 7.92. The zero-order chi connectivity index (χ0) is 19.3. The lowest BCUT2D eigenvalue weighted by molar-refractivity contribution is 0.143. The molecular weight excluding hydrogens is 348 g/mol. The molecule has 1 amide bonds. The Morgan fingerprint density at radius 1 is 1.12 bits per heavy atom. The van der Waals surface area contributed by atoms with Crippen molar-refractivity contribution in [2.24, 2.45) is 0 Å². The normalized spacial score (nSPS) is 19.0. The van der Waals surface area contributed by atoms with Crippen LogP contribution < -0.4 is 4.90 Å². The molecule has 6 heteroatoms. The Morgan fingerprint density at radius 3 is 2.35 bits per heavy atom. The van der Waals surface area contributed by atoms with Crippen LogP contribution in [0.25, 0.3) is 11.0 Å². The molecule has 1 aromatic heterocycles. The number of halogens is 1. The SMILES string of the molecule is CC(C)(C)N1CC(CCCl)N(C(C)(C)C)c2nc3ccccc3n2C1=O. The van der Waals surface area contributed by atoms with Gasteiger partial charge in [-0.25, -0.2) is 14.3 Å². The minimum atomic E-state index is -0.293. The summed E-state index contributed by atoms with van der Waals surface area (Å²) in [6.07, 6.45) is 0.794. The van der Waals surface area contributed by atoms with Gasteiger partial charge in [0.1, 0.15) is 0 Å². The molecule has 5 nitrogen and oxygen atoms in total. The summed E-state index contributed by atoms with van der Waals surface area (Å²) in [7, 11) is 0. The van der Waals surface area contributed by atoms with Crippen LogP contribution in [0.15, 0.2) is 24.3 Å². The van der Waals surface area contributed by atoms with Gasteiger partial charge < -0.3 is 9.80 Å². The zero-order valence-corrected chi connectivity index (χ0v) is 17.3. The van der Waals surface area contributed by atoms with Gasteiger partial charge in [-0.15, -0.1) is 11.6 Å². The van der Waals surface area contributed by atoms with Gasteiger partial charge in [-0.3, -0.25) is 0 Å². The van der Waals surface area contributed by atoms with Crippen molar-refractivity contribution >= 4 is 34.6 Å². The van der Waals surface area contributed by atoms with Crippen molar-refractivity contribution in [3.8, 4) is 0 Å². The second-order valence-corrected chi connectivity index (χ2v) is 9.35. The molecule has 0 bridgehead atoms. The molecule has 2 aromatic rings. The van der Waals surface area contributed by atoms with Crippen LogP contribution in [0.4, 0.5) is 10.7 Å². The van der Waals surface area contributed by atoms with Gasteiger partial charge in [0.15, 0.2) is 0 Å². The molecule has 3 rings (SSSR count). The van der Waals surface area contributed by atoms with Gasteiger partial charge in [-0.05, 0) is 60.1 Å². The Kier molecular flexibility index (Phi) is 4.72. The second-order valence-electron chi connectivity index (χ2n) is 8.97. The number of aromatic nitrogens is 2. The van der Waals surface area contributed by atoms with Crippen LogP contribution in [-0.2, 0) is 0 Å². The number of para-hydroxylation sites is 2. The van der Waals surface area contributed by atoms with E-state index in [4.69, 9.17) is 16.6 Å². The predicted molar refractivity (Wildman–Crippen MR) is 108 cm³/mol. The summed E-state index contributed by atoms with van der Waals surface area (Å²) in [5.41, 5.74) is 1.20. The van der Waals surface area contributed by atoms with Crippen molar-refractivity contribution in [3.63, 3.8) is 0 Å². The van der Waals surface area contributed by atoms with E-state index in [0.29, 0.717) is 18.4 Å². The quantitative estimate of drug-likeness (QED) is 0.712. The highest BCUT2D eigenvalue weighted by Gasteiger charge is 2.42. The molecule has 0 spiro atoms. The molecule has 1 unspecified atom stereocenters. The van der Waals surface area contributed by atoms with Gasteiger partial charge in [0.05, 0.1) is 17.1 Å². The van der Waals surface area contributed by atoms with E-state index in [-0.39, 0.29) is 23.2 Å². The Morgan fingerprint density at radius 2 is 1.77 bits per heavy atom. The number of carbonyl (C=O) groups excluding carboxylic acids is 1. The van der Waals surface area contributed by atoms with Crippen LogP contribution in [0.2, 0.25) is 0 Å². The predicted octanol–water partition coefficient (Wildman–Crippen LogP) is 4.72. The molecule has 1 atom stereocenters. The van der Waals surface area contributed by atoms with Crippen molar-refractivity contribution in [3.05, 3.63) is 24.3 Å². The number of imidazole rings is 1. The van der Waals surface area contributed by atoms with E-state index in [0.717, 1.165) is 17.5 Å². The molecule has 0 aliphatic carbocycles. The maximum Gasteiger partial charge on any atom is 0.332 e. The van der Waals surface area contributed by atoms with E-state index in [9.17, 15) is 4.79 Å². The molecular formula is C20H29ClN4O. The number of alkyl halides is 1. The van der Waals surface area contributed by atoms with E-state index in [1.54, 1.807) is 4.57 Å². The van der Waals surface area contributed by atoms with Crippen molar-refractivity contribution in [1.82, 2.24) is 14.5 Å². The Balaban J connectivity index is 2.31. The fraction of sp³-hybridized carbons (Fsp3) is 0.600. The van der Waals surface area contributed by atoms with Crippen LogP contribution in [0.1, 0.15) is 48.0 Å². The van der Waals surface area contributed by atoms with Crippen LogP contribution >= 0.6 is 11.6 Å². The zero-order valence-electron chi connectivity index (χ0n) is 16.6. The summed E-state index contributed by atoms with van der Waals surface area (Å²) in [4.78, 5) is 22.7. The van der Waals surface area contributed by atoms with Crippen LogP contribution in [0, 0.1) is 0 Å². The van der Waals surface area contributed by atoms with Crippen molar-refractivity contribution in [1.29, 1.82) is 0 Å². The summed E-state index contributed by atoms with van der Waals surface area (Å²) < 4.78 is 1.78. The fourth-order valence-electron chi connectivity index (χ4n) is 3.77. The van der Waals surface area contributed by atoms with Gasteiger partial charge in [-0.1, -0.05) is 12.1 Å². The summed E-state index contributed by atoms with van der Waals surface area (Å²) in [5, 5.41) is 0. The number of fused-ring (bicyclic) bond motifs is 3. The number of benzene rings is 1. The first-order chi connectivity index (χ1) is 12.1. The molecule has 142 valence electrons. The third-order valence-electron chi connectivity index (χ3n) is 4.91. The first-order valence-electron chi connectivity index (χ1n) is 9.20. The lowest BCUT2D eigenvalue weighted by Gasteiger charge is -2.43. The average molecular weight is 377 g/mol. The first-order valence-corrected chi connectivity index (χ1v) is 9.74. The van der Waals surface area contributed by atoms with Gasteiger partial charge in [-0.2, -0.15) is 0 Å². The highest BCUT2D eigenvalue weighted by molar-refractivity contribution is 6.17. The minimum absolute atomic E-state index is 0.0208. The molecule has 2 heterocycles. The van der Waals surface area contributed by atoms with Crippen LogP contribution in [0.3, 0.4) is 0 Å². The maximum absolute atomic E-state index is 13.6. The van der Waals surface area contributed by atoms with Crippen molar-refractivity contribution in [2.45, 2.75) is 65.1 Å². The molecule has 0 N–H and O–H groups in total. The molecule has 1 aliphatic rings. The third kappa shape index (κ3) is 3.18. The molecule has 0 fully saturated rings. The summed E-state index contributed by atoms with van der Waals surface area (Å²) in [6.45, 7) is 13.3. The van der Waals surface area contributed by atoms with Gasteiger partial charge >= 0.3 is 6.03 Å². The smallest absolute Gasteiger partial charge is 0.332 e.